The molecule has 0 radical (unpaired) electrons. The molecule has 7 rings (SSSR count). The van der Waals surface area contributed by atoms with Crippen LogP contribution in [0.2, 0.25) is 0 Å². The Morgan fingerprint density at radius 1 is 0.593 bits per heavy atom. The van der Waals surface area contributed by atoms with Crippen LogP contribution in [-0.4, -0.2) is 19.6 Å². The average molecular weight is 714 g/mol. The number of phenols is 1. The van der Waals surface area contributed by atoms with Gasteiger partial charge in [-0.2, -0.15) is 0 Å². The van der Waals surface area contributed by atoms with Gasteiger partial charge < -0.3 is 9.67 Å². The van der Waals surface area contributed by atoms with Gasteiger partial charge in [0, 0.05) is 32.7 Å². The third-order valence-corrected chi connectivity index (χ3v) is 10.4. The second-order valence-corrected chi connectivity index (χ2v) is 17.6. The first kappa shape index (κ1) is 34.3. The van der Waals surface area contributed by atoms with Gasteiger partial charge in [0.1, 0.15) is 11.6 Å². The van der Waals surface area contributed by atoms with Gasteiger partial charge in [0.15, 0.2) is 0 Å². The van der Waals surface area contributed by atoms with Crippen molar-refractivity contribution in [3.05, 3.63) is 149 Å². The maximum absolute atomic E-state index is 11.8. The predicted molar refractivity (Wildman–Crippen MR) is 227 cm³/mol. The molecular weight excluding hydrogens is 659 g/mol. The number of phenolic OH excluding ortho intramolecular Hbond substituents is 1. The van der Waals surface area contributed by atoms with E-state index in [1.54, 1.807) is 0 Å². The maximum atomic E-state index is 11.8. The van der Waals surface area contributed by atoms with Crippen molar-refractivity contribution in [1.29, 1.82) is 0 Å². The molecule has 0 amide bonds. The summed E-state index contributed by atoms with van der Waals surface area (Å²) >= 11 is 0. The van der Waals surface area contributed by atoms with Gasteiger partial charge in [-0.05, 0) is 98.0 Å². The largest absolute Gasteiger partial charge is 0.507 e. The van der Waals surface area contributed by atoms with Crippen LogP contribution in [0.25, 0.3) is 55.9 Å². The molecule has 2 heterocycles. The zero-order chi connectivity index (χ0) is 40.4. The van der Waals surface area contributed by atoms with E-state index in [4.69, 9.17) is 12.7 Å². The second-order valence-electron chi connectivity index (χ2n) is 17.6. The monoisotopic (exact) mass is 713 g/mol. The van der Waals surface area contributed by atoms with Crippen LogP contribution in [0.4, 0.5) is 0 Å². The number of hydrogen-bond acceptors (Lipinski definition) is 3. The Morgan fingerprint density at radius 2 is 1.24 bits per heavy atom. The number of rotatable bonds is 6. The third-order valence-electron chi connectivity index (χ3n) is 10.4. The molecule has 4 heteroatoms. The number of nitrogens with zero attached hydrogens (tertiary/aromatic N) is 3. The second kappa shape index (κ2) is 13.7. The minimum absolute atomic E-state index is 0.116. The number of aromatic hydroxyl groups is 1. The Kier molecular flexibility index (Phi) is 8.73. The summed E-state index contributed by atoms with van der Waals surface area (Å²) in [5, 5.41) is 11.8. The Labute approximate surface area is 324 Å². The third kappa shape index (κ3) is 7.35. The van der Waals surface area contributed by atoms with E-state index in [-0.39, 0.29) is 22.0 Å². The molecule has 0 aliphatic rings. The van der Waals surface area contributed by atoms with Crippen LogP contribution in [0.3, 0.4) is 0 Å². The van der Waals surface area contributed by atoms with Crippen LogP contribution in [0.5, 0.6) is 5.75 Å². The van der Waals surface area contributed by atoms with Gasteiger partial charge in [0.2, 0.25) is 0 Å². The van der Waals surface area contributed by atoms with E-state index in [2.05, 4.69) is 121 Å². The first-order valence-electron chi connectivity index (χ1n) is 19.9. The summed E-state index contributed by atoms with van der Waals surface area (Å²) in [5.41, 5.74) is 12.5. The van der Waals surface area contributed by atoms with Crippen LogP contribution in [0.15, 0.2) is 121 Å². The van der Waals surface area contributed by atoms with Gasteiger partial charge >= 0.3 is 0 Å². The van der Waals surface area contributed by atoms with Gasteiger partial charge in [-0.1, -0.05) is 141 Å². The molecule has 274 valence electrons. The molecule has 0 spiro atoms. The van der Waals surface area contributed by atoms with Gasteiger partial charge in [0.05, 0.1) is 22.3 Å². The van der Waals surface area contributed by atoms with Crippen molar-refractivity contribution in [3.8, 4) is 50.6 Å². The molecule has 0 saturated carbocycles. The first-order valence-corrected chi connectivity index (χ1v) is 18.9. The molecule has 0 aliphatic heterocycles. The molecule has 0 atom stereocenters. The van der Waals surface area contributed by atoms with Crippen molar-refractivity contribution >= 4 is 11.0 Å². The topological polar surface area (TPSA) is 50.9 Å². The molecule has 4 nitrogen and oxygen atoms in total. The minimum Gasteiger partial charge on any atom is -0.507 e. The highest BCUT2D eigenvalue weighted by Gasteiger charge is 2.28. The molecular formula is C50H53N3O. The number of benzene rings is 5. The summed E-state index contributed by atoms with van der Waals surface area (Å²) in [6, 6.07) is 38.4. The zero-order valence-electron chi connectivity index (χ0n) is 35.3. The normalized spacial score (nSPS) is 13.2. The minimum atomic E-state index is -1.60. The maximum Gasteiger partial charge on any atom is 0.144 e. The highest BCUT2D eigenvalue weighted by atomic mass is 16.3. The highest BCUT2D eigenvalue weighted by molar-refractivity contribution is 5.95. The average Bonchev–Trinajstić information content (AvgIpc) is 3.49. The Balaban J connectivity index is 1.33. The molecule has 1 N–H and O–H groups in total. The molecule has 0 saturated heterocycles. The summed E-state index contributed by atoms with van der Waals surface area (Å²) < 4.78 is 19.7. The molecule has 2 aromatic heterocycles. The smallest absolute Gasteiger partial charge is 0.144 e. The number of fused-ring (bicyclic) bond motifs is 1. The van der Waals surface area contributed by atoms with Crippen molar-refractivity contribution in [2.45, 2.75) is 84.9 Å². The highest BCUT2D eigenvalue weighted by Crippen LogP contribution is 2.43. The fourth-order valence-electron chi connectivity index (χ4n) is 7.06. The van der Waals surface area contributed by atoms with Crippen LogP contribution < -0.4 is 0 Å². The van der Waals surface area contributed by atoms with Gasteiger partial charge in [-0.25, -0.2) is 4.98 Å². The van der Waals surface area contributed by atoms with E-state index in [9.17, 15) is 5.11 Å². The summed E-state index contributed by atoms with van der Waals surface area (Å²) in [5.74, 6) is 1.00. The van der Waals surface area contributed by atoms with Crippen molar-refractivity contribution in [2.24, 2.45) is 7.05 Å². The molecule has 5 aromatic carbocycles. The van der Waals surface area contributed by atoms with Gasteiger partial charge in [-0.3, -0.25) is 4.98 Å². The predicted octanol–water partition coefficient (Wildman–Crippen LogP) is 12.8. The lowest BCUT2D eigenvalue weighted by Crippen LogP contribution is -2.17. The van der Waals surface area contributed by atoms with E-state index in [1.807, 2.05) is 73.9 Å². The number of pyridine rings is 1. The summed E-state index contributed by atoms with van der Waals surface area (Å²) in [6.07, 6.45) is 0.247. The fourth-order valence-corrected chi connectivity index (χ4v) is 7.06. The number of imidazole rings is 1. The Bertz CT molecular complexity index is 2560. The van der Waals surface area contributed by atoms with E-state index >= 15 is 0 Å². The van der Waals surface area contributed by atoms with E-state index < -0.39 is 6.37 Å². The Hall–Kier alpha value is -5.48. The van der Waals surface area contributed by atoms with Crippen LogP contribution in [0, 0.1) is 0 Å². The molecule has 0 unspecified atom stereocenters. The summed E-state index contributed by atoms with van der Waals surface area (Å²) in [4.78, 5) is 10.2. The summed E-state index contributed by atoms with van der Waals surface area (Å²) in [7, 11) is 2.03. The van der Waals surface area contributed by atoms with E-state index in [1.165, 1.54) is 5.56 Å². The lowest BCUT2D eigenvalue weighted by Gasteiger charge is -2.27. The fraction of sp³-hybridized carbons (Fsp3) is 0.280. The molecule has 0 aliphatic carbocycles. The van der Waals surface area contributed by atoms with E-state index in [0.717, 1.165) is 67.1 Å². The van der Waals surface area contributed by atoms with Gasteiger partial charge in [-0.15, -0.1) is 0 Å². The molecule has 54 heavy (non-hydrogen) atoms. The number of para-hydroxylation sites is 1. The number of aryl methyl sites for hydroxylation is 1. The van der Waals surface area contributed by atoms with Gasteiger partial charge in [0.25, 0.3) is 0 Å². The first-order chi connectivity index (χ1) is 26.2. The van der Waals surface area contributed by atoms with Crippen LogP contribution in [-0.2, 0) is 29.7 Å². The van der Waals surface area contributed by atoms with Crippen molar-refractivity contribution in [3.63, 3.8) is 0 Å². The van der Waals surface area contributed by atoms with Crippen molar-refractivity contribution < 1.29 is 7.85 Å². The van der Waals surface area contributed by atoms with Crippen molar-refractivity contribution in [1.82, 2.24) is 14.5 Å². The number of hydrogen-bond donors (Lipinski definition) is 1. The quantitative estimate of drug-likeness (QED) is 0.187. The molecule has 0 fully saturated rings. The molecule has 7 aromatic rings. The SMILES string of the molecule is [2H]C([2H])(c1ccccc1)c1ccc(-c2ccnc(-c3cc(-c4cccc5c4nc(-c4cc(C(C)(C)C)cc(C(C)(C)C)c4O)n5C)cc(C(C)(C)C)c3)c2)cc1. The zero-order valence-corrected chi connectivity index (χ0v) is 33.3. The van der Waals surface area contributed by atoms with Crippen LogP contribution >= 0.6 is 0 Å². The standard InChI is InChI=1S/C50H53N3O/c1-48(2,3)38-27-36(26-37(28-38)43-29-35(23-24-51-43)34-21-19-33(20-22-34)25-32-15-12-11-13-16-32)40-17-14-18-44-45(40)52-47(53(44)10)41-30-39(49(4,5)6)31-42(46(41)54)50(7,8)9/h11-24,26-31,54H,25H2,1-10H3/i25D2. The Morgan fingerprint density at radius 3 is 1.91 bits per heavy atom. The van der Waals surface area contributed by atoms with Crippen LogP contribution in [0.1, 0.15) is 92.9 Å². The van der Waals surface area contributed by atoms with E-state index in [0.29, 0.717) is 11.1 Å². The number of aromatic nitrogens is 3. The lowest BCUT2D eigenvalue weighted by atomic mass is 9.79. The molecule has 0 bridgehead atoms. The van der Waals surface area contributed by atoms with Crippen molar-refractivity contribution in [2.75, 3.05) is 0 Å². The summed E-state index contributed by atoms with van der Waals surface area (Å²) in [6.45, 7) is 19.7. The lowest BCUT2D eigenvalue weighted by molar-refractivity contribution is 0.446.